The number of fused-ring (bicyclic) bond motifs is 2. The first kappa shape index (κ1) is 17.9. The summed E-state index contributed by atoms with van der Waals surface area (Å²) in [5.74, 6) is -1.25. The highest BCUT2D eigenvalue weighted by molar-refractivity contribution is 7.21. The Morgan fingerprint density at radius 2 is 2.19 bits per heavy atom. The van der Waals surface area contributed by atoms with Gasteiger partial charge in [0.25, 0.3) is 5.91 Å². The summed E-state index contributed by atoms with van der Waals surface area (Å²) in [6.07, 6.45) is 4.15. The standard InChI is InChI=1S/C20H19F2N3OS/c1-2-10-3-6-15-11(7-10)8-13-17(23)18(27-20(13)25-15)19(26)24-16-9-12(21)4-5-14(16)22/h4-5,8-10H,2-3,6-7,23H2,1H3,(H,24,26)/t10-/m1/s1. The number of halogens is 2. The number of nitrogens with one attached hydrogen (secondary N) is 1. The number of nitrogens with zero attached hydrogens (tertiary/aromatic N) is 1. The van der Waals surface area contributed by atoms with Crippen molar-refractivity contribution in [2.75, 3.05) is 11.1 Å². The summed E-state index contributed by atoms with van der Waals surface area (Å²) in [6, 6.07) is 4.94. The van der Waals surface area contributed by atoms with Crippen LogP contribution in [0.3, 0.4) is 0 Å². The van der Waals surface area contributed by atoms with Gasteiger partial charge in [-0.05, 0) is 48.9 Å². The van der Waals surface area contributed by atoms with Crippen LogP contribution in [0.4, 0.5) is 20.2 Å². The van der Waals surface area contributed by atoms with Gasteiger partial charge in [-0.2, -0.15) is 0 Å². The third-order valence-corrected chi connectivity index (χ3v) is 6.26. The number of carbonyl (C=O) groups is 1. The van der Waals surface area contributed by atoms with Crippen molar-refractivity contribution in [3.8, 4) is 0 Å². The van der Waals surface area contributed by atoms with Gasteiger partial charge in [0.2, 0.25) is 0 Å². The molecule has 0 radical (unpaired) electrons. The van der Waals surface area contributed by atoms with E-state index in [1.54, 1.807) is 0 Å². The zero-order chi connectivity index (χ0) is 19.1. The second-order valence-corrected chi connectivity index (χ2v) is 7.89. The minimum Gasteiger partial charge on any atom is -0.397 e. The van der Waals surface area contributed by atoms with Gasteiger partial charge in [-0.25, -0.2) is 13.8 Å². The number of carbonyl (C=O) groups excluding carboxylic acids is 1. The largest absolute Gasteiger partial charge is 0.397 e. The van der Waals surface area contributed by atoms with Crippen molar-refractivity contribution in [3.63, 3.8) is 0 Å². The van der Waals surface area contributed by atoms with Gasteiger partial charge in [0.05, 0.1) is 11.4 Å². The Bertz CT molecular complexity index is 1050. The number of aryl methyl sites for hydroxylation is 1. The van der Waals surface area contributed by atoms with Crippen molar-refractivity contribution in [1.29, 1.82) is 0 Å². The van der Waals surface area contributed by atoms with E-state index < -0.39 is 17.5 Å². The van der Waals surface area contributed by atoms with Crippen LogP contribution in [-0.4, -0.2) is 10.9 Å². The molecular weight excluding hydrogens is 368 g/mol. The molecule has 1 atom stereocenters. The fourth-order valence-electron chi connectivity index (χ4n) is 3.56. The summed E-state index contributed by atoms with van der Waals surface area (Å²) in [7, 11) is 0. The first-order valence-electron chi connectivity index (χ1n) is 8.93. The van der Waals surface area contributed by atoms with Crippen molar-refractivity contribution in [2.24, 2.45) is 5.92 Å². The number of thiophene rings is 1. The maximum absolute atomic E-state index is 13.8. The minimum absolute atomic E-state index is 0.213. The number of hydrogen-bond donors (Lipinski definition) is 2. The average Bonchev–Trinajstić information content (AvgIpc) is 2.98. The fraction of sp³-hybridized carbons (Fsp3) is 0.300. The SMILES string of the molecule is CC[C@@H]1CCc2nc3sc(C(=O)Nc4cc(F)ccc4F)c(N)c3cc2C1. The Hall–Kier alpha value is -2.54. The van der Waals surface area contributed by atoms with Crippen molar-refractivity contribution in [3.05, 3.63) is 52.0 Å². The predicted octanol–water partition coefficient (Wildman–Crippen LogP) is 4.92. The van der Waals surface area contributed by atoms with E-state index in [9.17, 15) is 13.6 Å². The van der Waals surface area contributed by atoms with E-state index >= 15 is 0 Å². The van der Waals surface area contributed by atoms with Gasteiger partial charge in [-0.1, -0.05) is 13.3 Å². The fourth-order valence-corrected chi connectivity index (χ4v) is 4.55. The molecule has 0 saturated carbocycles. The Labute approximate surface area is 159 Å². The van der Waals surface area contributed by atoms with Gasteiger partial charge >= 0.3 is 0 Å². The van der Waals surface area contributed by atoms with E-state index in [1.807, 2.05) is 6.07 Å². The zero-order valence-corrected chi connectivity index (χ0v) is 15.6. The van der Waals surface area contributed by atoms with Gasteiger partial charge in [0, 0.05) is 17.1 Å². The quantitative estimate of drug-likeness (QED) is 0.670. The Morgan fingerprint density at radius 3 is 2.96 bits per heavy atom. The smallest absolute Gasteiger partial charge is 0.268 e. The number of anilines is 2. The van der Waals surface area contributed by atoms with Crippen LogP contribution in [0.25, 0.3) is 10.2 Å². The first-order valence-corrected chi connectivity index (χ1v) is 9.75. The van der Waals surface area contributed by atoms with Crippen molar-refractivity contribution < 1.29 is 13.6 Å². The molecule has 27 heavy (non-hydrogen) atoms. The molecule has 0 fully saturated rings. The Balaban J connectivity index is 1.69. The lowest BCUT2D eigenvalue weighted by molar-refractivity contribution is 0.103. The third-order valence-electron chi connectivity index (χ3n) is 5.15. The second-order valence-electron chi connectivity index (χ2n) is 6.89. The summed E-state index contributed by atoms with van der Waals surface area (Å²) < 4.78 is 27.1. The molecule has 0 saturated heterocycles. The molecule has 4 nitrogen and oxygen atoms in total. The topological polar surface area (TPSA) is 68.0 Å². The lowest BCUT2D eigenvalue weighted by atomic mass is 9.85. The number of nitrogen functional groups attached to an aromatic ring is 1. The van der Waals surface area contributed by atoms with Crippen LogP contribution in [0.15, 0.2) is 24.3 Å². The lowest BCUT2D eigenvalue weighted by Crippen LogP contribution is -2.14. The number of amides is 1. The lowest BCUT2D eigenvalue weighted by Gasteiger charge is -2.22. The summed E-state index contributed by atoms with van der Waals surface area (Å²) in [4.78, 5) is 18.3. The molecule has 3 N–H and O–H groups in total. The summed E-state index contributed by atoms with van der Waals surface area (Å²) >= 11 is 1.18. The molecule has 0 spiro atoms. The van der Waals surface area contributed by atoms with E-state index in [-0.39, 0.29) is 10.6 Å². The normalized spacial score (nSPS) is 16.3. The molecule has 2 heterocycles. The molecule has 7 heteroatoms. The highest BCUT2D eigenvalue weighted by Crippen LogP contribution is 2.37. The van der Waals surface area contributed by atoms with Gasteiger partial charge in [-0.3, -0.25) is 4.79 Å². The van der Waals surface area contributed by atoms with Crippen LogP contribution in [0, 0.1) is 17.6 Å². The van der Waals surface area contributed by atoms with Crippen molar-refractivity contribution in [1.82, 2.24) is 4.98 Å². The molecule has 4 rings (SSSR count). The van der Waals surface area contributed by atoms with Crippen LogP contribution < -0.4 is 11.1 Å². The molecule has 2 aromatic heterocycles. The molecule has 1 aliphatic rings. The highest BCUT2D eigenvalue weighted by atomic mass is 32.1. The van der Waals surface area contributed by atoms with E-state index in [1.165, 1.54) is 16.9 Å². The number of nitrogens with two attached hydrogens (primary N) is 1. The number of hydrogen-bond acceptors (Lipinski definition) is 4. The molecule has 0 aliphatic heterocycles. The van der Waals surface area contributed by atoms with Crippen LogP contribution in [0.1, 0.15) is 40.7 Å². The molecule has 0 unspecified atom stereocenters. The van der Waals surface area contributed by atoms with Crippen LogP contribution >= 0.6 is 11.3 Å². The minimum atomic E-state index is -0.705. The molecular formula is C20H19F2N3OS. The average molecular weight is 387 g/mol. The van der Waals surface area contributed by atoms with Crippen molar-refractivity contribution in [2.45, 2.75) is 32.6 Å². The third kappa shape index (κ3) is 3.27. The maximum Gasteiger partial charge on any atom is 0.268 e. The van der Waals surface area contributed by atoms with Crippen LogP contribution in [-0.2, 0) is 12.8 Å². The number of rotatable bonds is 3. The number of benzene rings is 1. The number of aromatic nitrogens is 1. The Kier molecular flexibility index (Phi) is 4.55. The number of pyridine rings is 1. The van der Waals surface area contributed by atoms with Crippen molar-refractivity contribution >= 4 is 38.8 Å². The summed E-state index contributed by atoms with van der Waals surface area (Å²) in [5, 5.41) is 3.15. The van der Waals surface area contributed by atoms with E-state index in [2.05, 4.69) is 12.2 Å². The molecule has 1 aliphatic carbocycles. The molecule has 140 valence electrons. The van der Waals surface area contributed by atoms with Gasteiger partial charge in [-0.15, -0.1) is 11.3 Å². The van der Waals surface area contributed by atoms with E-state index in [0.29, 0.717) is 16.4 Å². The Morgan fingerprint density at radius 1 is 1.37 bits per heavy atom. The van der Waals surface area contributed by atoms with E-state index in [0.717, 1.165) is 55.0 Å². The molecule has 1 aromatic carbocycles. The summed E-state index contributed by atoms with van der Waals surface area (Å²) in [6.45, 7) is 2.19. The van der Waals surface area contributed by atoms with Gasteiger partial charge in [0.1, 0.15) is 21.3 Å². The highest BCUT2D eigenvalue weighted by Gasteiger charge is 2.23. The molecule has 0 bridgehead atoms. The maximum atomic E-state index is 13.8. The first-order chi connectivity index (χ1) is 13.0. The summed E-state index contributed by atoms with van der Waals surface area (Å²) in [5.41, 5.74) is 8.58. The van der Waals surface area contributed by atoms with Crippen LogP contribution in [0.5, 0.6) is 0 Å². The predicted molar refractivity (Wildman–Crippen MR) is 104 cm³/mol. The van der Waals surface area contributed by atoms with E-state index in [4.69, 9.17) is 10.7 Å². The van der Waals surface area contributed by atoms with Gasteiger partial charge < -0.3 is 11.1 Å². The monoisotopic (exact) mass is 387 g/mol. The van der Waals surface area contributed by atoms with Gasteiger partial charge in [0.15, 0.2) is 0 Å². The zero-order valence-electron chi connectivity index (χ0n) is 14.8. The second kappa shape index (κ2) is 6.88. The van der Waals surface area contributed by atoms with Crippen LogP contribution in [0.2, 0.25) is 0 Å². The molecule has 3 aromatic rings. The molecule has 1 amide bonds.